The molecule has 1 fully saturated rings. The highest BCUT2D eigenvalue weighted by Crippen LogP contribution is 2.27. The predicted octanol–water partition coefficient (Wildman–Crippen LogP) is 1.30. The molecule has 108 valence electrons. The lowest BCUT2D eigenvalue weighted by Crippen LogP contribution is -2.50. The van der Waals surface area contributed by atoms with Gasteiger partial charge in [-0.05, 0) is 37.0 Å². The molecule has 1 aliphatic carbocycles. The van der Waals surface area contributed by atoms with Crippen molar-refractivity contribution >= 4 is 11.8 Å². The molecule has 0 aromatic carbocycles. The topological polar surface area (TPSA) is 66.8 Å². The van der Waals surface area contributed by atoms with Crippen LogP contribution in [0.25, 0.3) is 0 Å². The van der Waals surface area contributed by atoms with Crippen molar-refractivity contribution in [1.82, 2.24) is 20.2 Å². The molecule has 1 saturated heterocycles. The van der Waals surface area contributed by atoms with Crippen LogP contribution in [0.5, 0.6) is 0 Å². The van der Waals surface area contributed by atoms with Gasteiger partial charge in [-0.1, -0.05) is 0 Å². The summed E-state index contributed by atoms with van der Waals surface area (Å²) in [6, 6.07) is 4.04. The number of fused-ring (bicyclic) bond motifs is 1. The SMILES string of the molecule is c1cnc(NCC2CN(c3cc4c(nn3)CCC4)C2)nc1. The third-order valence-electron chi connectivity index (χ3n) is 4.20. The maximum Gasteiger partial charge on any atom is 0.222 e. The molecule has 2 aromatic heterocycles. The van der Waals surface area contributed by atoms with Crippen molar-refractivity contribution < 1.29 is 0 Å². The maximum absolute atomic E-state index is 4.36. The van der Waals surface area contributed by atoms with E-state index in [1.165, 1.54) is 17.7 Å². The van der Waals surface area contributed by atoms with Crippen molar-refractivity contribution in [2.24, 2.45) is 5.92 Å². The van der Waals surface area contributed by atoms with Gasteiger partial charge in [-0.25, -0.2) is 9.97 Å². The van der Waals surface area contributed by atoms with Crippen LogP contribution in [-0.4, -0.2) is 39.8 Å². The van der Waals surface area contributed by atoms with Crippen molar-refractivity contribution in [3.63, 3.8) is 0 Å². The number of nitrogens with one attached hydrogen (secondary N) is 1. The Balaban J connectivity index is 1.31. The van der Waals surface area contributed by atoms with E-state index in [-0.39, 0.29) is 0 Å². The minimum absolute atomic E-state index is 0.615. The number of rotatable bonds is 4. The van der Waals surface area contributed by atoms with Crippen molar-refractivity contribution in [1.29, 1.82) is 0 Å². The molecule has 6 nitrogen and oxygen atoms in total. The average molecular weight is 282 g/mol. The van der Waals surface area contributed by atoms with Crippen LogP contribution in [0.1, 0.15) is 17.7 Å². The van der Waals surface area contributed by atoms with E-state index < -0.39 is 0 Å². The minimum Gasteiger partial charge on any atom is -0.354 e. The second kappa shape index (κ2) is 5.27. The molecule has 0 radical (unpaired) electrons. The van der Waals surface area contributed by atoms with Crippen molar-refractivity contribution in [2.75, 3.05) is 29.9 Å². The van der Waals surface area contributed by atoms with E-state index in [1.807, 2.05) is 6.07 Å². The molecule has 2 aliphatic rings. The molecule has 0 bridgehead atoms. The first-order valence-electron chi connectivity index (χ1n) is 7.50. The standard InChI is InChI=1S/C15H18N6/c1-3-12-7-14(20-19-13(12)4-1)21-9-11(10-21)8-18-15-16-5-2-6-17-15/h2,5-7,11H,1,3-4,8-10H2,(H,16,17,18). The Kier molecular flexibility index (Phi) is 3.14. The van der Waals surface area contributed by atoms with E-state index in [9.17, 15) is 0 Å². The summed E-state index contributed by atoms with van der Waals surface area (Å²) in [5, 5.41) is 12.0. The lowest BCUT2D eigenvalue weighted by Gasteiger charge is -2.40. The largest absolute Gasteiger partial charge is 0.354 e. The van der Waals surface area contributed by atoms with Crippen molar-refractivity contribution in [3.05, 3.63) is 35.8 Å². The molecule has 2 aromatic rings. The number of aryl methyl sites for hydroxylation is 2. The summed E-state index contributed by atoms with van der Waals surface area (Å²) < 4.78 is 0. The number of aromatic nitrogens is 4. The summed E-state index contributed by atoms with van der Waals surface area (Å²) >= 11 is 0. The highest BCUT2D eigenvalue weighted by atomic mass is 15.3. The molecule has 0 saturated carbocycles. The molecule has 1 aliphatic heterocycles. The quantitative estimate of drug-likeness (QED) is 0.912. The van der Waals surface area contributed by atoms with Gasteiger partial charge in [-0.3, -0.25) is 0 Å². The lowest BCUT2D eigenvalue weighted by molar-refractivity contribution is 0.424. The summed E-state index contributed by atoms with van der Waals surface area (Å²) in [4.78, 5) is 10.6. The van der Waals surface area contributed by atoms with Crippen molar-refractivity contribution in [2.45, 2.75) is 19.3 Å². The van der Waals surface area contributed by atoms with Gasteiger partial charge < -0.3 is 10.2 Å². The fourth-order valence-electron chi connectivity index (χ4n) is 2.98. The van der Waals surface area contributed by atoms with Crippen molar-refractivity contribution in [3.8, 4) is 0 Å². The van der Waals surface area contributed by atoms with Gasteiger partial charge in [0, 0.05) is 37.9 Å². The number of anilines is 2. The Morgan fingerprint density at radius 1 is 1.14 bits per heavy atom. The predicted molar refractivity (Wildman–Crippen MR) is 80.3 cm³/mol. The van der Waals surface area contributed by atoms with Crippen LogP contribution >= 0.6 is 0 Å². The average Bonchev–Trinajstić information content (AvgIpc) is 2.94. The number of nitrogens with zero attached hydrogens (tertiary/aromatic N) is 5. The van der Waals surface area contributed by atoms with Crippen LogP contribution in [0, 0.1) is 5.92 Å². The lowest BCUT2D eigenvalue weighted by atomic mass is 10.00. The Morgan fingerprint density at radius 2 is 2.00 bits per heavy atom. The Morgan fingerprint density at radius 3 is 2.86 bits per heavy atom. The summed E-state index contributed by atoms with van der Waals surface area (Å²) in [6.07, 6.45) is 6.97. The van der Waals surface area contributed by atoms with E-state index >= 15 is 0 Å². The Labute approximate surface area is 123 Å². The molecular formula is C15H18N6. The van der Waals surface area contributed by atoms with E-state index in [0.717, 1.165) is 38.3 Å². The van der Waals surface area contributed by atoms with Gasteiger partial charge in [0.15, 0.2) is 5.82 Å². The van der Waals surface area contributed by atoms with Gasteiger partial charge in [-0.15, -0.1) is 5.10 Å². The second-order valence-corrected chi connectivity index (χ2v) is 5.75. The van der Waals surface area contributed by atoms with Crippen LogP contribution in [0.3, 0.4) is 0 Å². The molecular weight excluding hydrogens is 264 g/mol. The fraction of sp³-hybridized carbons (Fsp3) is 0.467. The van der Waals surface area contributed by atoms with Gasteiger partial charge in [0.25, 0.3) is 0 Å². The Bertz CT molecular complexity index is 623. The third kappa shape index (κ3) is 2.53. The summed E-state index contributed by atoms with van der Waals surface area (Å²) in [5.41, 5.74) is 2.58. The molecule has 6 heteroatoms. The zero-order valence-electron chi connectivity index (χ0n) is 11.9. The zero-order chi connectivity index (χ0) is 14.1. The number of hydrogen-bond acceptors (Lipinski definition) is 6. The molecule has 0 atom stereocenters. The molecule has 0 amide bonds. The van der Waals surface area contributed by atoms with Crippen LogP contribution in [-0.2, 0) is 12.8 Å². The van der Waals surface area contributed by atoms with Gasteiger partial charge in [-0.2, -0.15) is 5.10 Å². The normalized spacial score (nSPS) is 17.4. The molecule has 0 spiro atoms. The minimum atomic E-state index is 0.615. The first-order chi connectivity index (χ1) is 10.4. The first-order valence-corrected chi connectivity index (χ1v) is 7.50. The summed E-state index contributed by atoms with van der Waals surface area (Å²) in [5.74, 6) is 2.35. The van der Waals surface area contributed by atoms with Gasteiger partial charge in [0.1, 0.15) is 0 Å². The second-order valence-electron chi connectivity index (χ2n) is 5.75. The molecule has 0 unspecified atom stereocenters. The smallest absolute Gasteiger partial charge is 0.222 e. The van der Waals surface area contributed by atoms with E-state index in [4.69, 9.17) is 0 Å². The van der Waals surface area contributed by atoms with E-state index in [0.29, 0.717) is 11.9 Å². The molecule has 1 N–H and O–H groups in total. The van der Waals surface area contributed by atoms with Gasteiger partial charge in [0.05, 0.1) is 5.69 Å². The summed E-state index contributed by atoms with van der Waals surface area (Å²) in [7, 11) is 0. The number of hydrogen-bond donors (Lipinski definition) is 1. The Hall–Kier alpha value is -2.24. The van der Waals surface area contributed by atoms with E-state index in [2.05, 4.69) is 36.4 Å². The van der Waals surface area contributed by atoms with Crippen LogP contribution in [0.4, 0.5) is 11.8 Å². The van der Waals surface area contributed by atoms with Crippen LogP contribution in [0.15, 0.2) is 24.5 Å². The monoisotopic (exact) mass is 282 g/mol. The van der Waals surface area contributed by atoms with Crippen LogP contribution in [0.2, 0.25) is 0 Å². The first kappa shape index (κ1) is 12.5. The van der Waals surface area contributed by atoms with Gasteiger partial charge in [0.2, 0.25) is 5.95 Å². The zero-order valence-corrected chi connectivity index (χ0v) is 11.9. The fourth-order valence-corrected chi connectivity index (χ4v) is 2.98. The summed E-state index contributed by atoms with van der Waals surface area (Å²) in [6.45, 7) is 2.94. The third-order valence-corrected chi connectivity index (χ3v) is 4.20. The maximum atomic E-state index is 4.36. The molecule has 21 heavy (non-hydrogen) atoms. The van der Waals surface area contributed by atoms with E-state index in [1.54, 1.807) is 12.4 Å². The van der Waals surface area contributed by atoms with Crippen LogP contribution < -0.4 is 10.2 Å². The highest BCUT2D eigenvalue weighted by molar-refractivity contribution is 5.45. The van der Waals surface area contributed by atoms with Gasteiger partial charge >= 0.3 is 0 Å². The molecule has 4 rings (SSSR count). The molecule has 3 heterocycles. The highest BCUT2D eigenvalue weighted by Gasteiger charge is 2.28.